The minimum Gasteiger partial charge on any atom is -0.505 e. The average Bonchev–Trinajstić information content (AvgIpc) is 3.26. The number of amides is 4. The van der Waals surface area contributed by atoms with Crippen molar-refractivity contribution in [1.82, 2.24) is 4.90 Å². The van der Waals surface area contributed by atoms with Crippen molar-refractivity contribution in [2.24, 2.45) is 29.1 Å². The Kier molecular flexibility index (Phi) is 5.16. The van der Waals surface area contributed by atoms with Gasteiger partial charge in [0.2, 0.25) is 23.6 Å². The van der Waals surface area contributed by atoms with Gasteiger partial charge in [0.15, 0.2) is 11.6 Å². The predicted molar refractivity (Wildman–Crippen MR) is 132 cm³/mol. The van der Waals surface area contributed by atoms with Crippen LogP contribution in [0.3, 0.4) is 0 Å². The molecule has 37 heavy (non-hydrogen) atoms. The van der Waals surface area contributed by atoms with Crippen molar-refractivity contribution in [1.29, 1.82) is 0 Å². The van der Waals surface area contributed by atoms with Gasteiger partial charge in [-0.1, -0.05) is 42.0 Å². The first kappa shape index (κ1) is 23.6. The summed E-state index contributed by atoms with van der Waals surface area (Å²) in [6.45, 7) is 3.73. The molecule has 4 aliphatic rings. The molecule has 2 aromatic carbocycles. The zero-order chi connectivity index (χ0) is 26.2. The first-order valence-electron chi connectivity index (χ1n) is 12.7. The van der Waals surface area contributed by atoms with Crippen molar-refractivity contribution >= 4 is 29.3 Å². The predicted octanol–water partition coefficient (Wildman–Crippen LogP) is 3.78. The highest BCUT2D eigenvalue weighted by Gasteiger charge is 2.67. The van der Waals surface area contributed by atoms with Gasteiger partial charge in [0.1, 0.15) is 0 Å². The number of aromatic hydroxyl groups is 1. The monoisotopic (exact) mass is 502 g/mol. The summed E-state index contributed by atoms with van der Waals surface area (Å²) < 4.78 is 14.6. The first-order valence-corrected chi connectivity index (χ1v) is 12.7. The Balaban J connectivity index is 1.56. The normalized spacial score (nSPS) is 32.8. The van der Waals surface area contributed by atoms with E-state index < -0.39 is 52.5 Å². The van der Waals surface area contributed by atoms with E-state index in [0.29, 0.717) is 12.1 Å². The number of allylic oxidation sites excluding steroid dienone is 2. The topological polar surface area (TPSA) is 95.0 Å². The van der Waals surface area contributed by atoms with Gasteiger partial charge in [0.25, 0.3) is 0 Å². The van der Waals surface area contributed by atoms with E-state index in [2.05, 4.69) is 0 Å². The number of nitrogens with zero attached hydrogens (tertiary/aromatic N) is 2. The fourth-order valence-electron chi connectivity index (χ4n) is 7.32. The third kappa shape index (κ3) is 2.98. The molecular weight excluding hydrogens is 475 g/mol. The number of benzene rings is 2. The van der Waals surface area contributed by atoms with Crippen molar-refractivity contribution in [3.63, 3.8) is 0 Å². The molecular formula is C29H27FN2O5. The highest BCUT2D eigenvalue weighted by atomic mass is 19.1. The van der Waals surface area contributed by atoms with Crippen molar-refractivity contribution in [3.8, 4) is 5.75 Å². The molecule has 0 radical (unpaired) electrons. The number of likely N-dealkylation sites (tertiary alicyclic amines) is 1. The summed E-state index contributed by atoms with van der Waals surface area (Å²) in [6.07, 6.45) is 2.42. The van der Waals surface area contributed by atoms with Crippen LogP contribution in [-0.2, 0) is 19.2 Å². The molecule has 0 unspecified atom stereocenters. The molecule has 2 aliphatic carbocycles. The van der Waals surface area contributed by atoms with E-state index in [-0.39, 0.29) is 36.3 Å². The lowest BCUT2D eigenvalue weighted by atomic mass is 9.51. The molecule has 190 valence electrons. The van der Waals surface area contributed by atoms with Gasteiger partial charge in [-0.3, -0.25) is 24.1 Å². The molecule has 2 heterocycles. The first-order chi connectivity index (χ1) is 17.7. The van der Waals surface area contributed by atoms with Gasteiger partial charge in [-0.15, -0.1) is 0 Å². The summed E-state index contributed by atoms with van der Waals surface area (Å²) in [5, 5.41) is 10.8. The zero-order valence-corrected chi connectivity index (χ0v) is 20.6. The number of hydrogen-bond donors (Lipinski definition) is 1. The van der Waals surface area contributed by atoms with Gasteiger partial charge in [0.05, 0.1) is 28.9 Å². The molecule has 1 saturated carbocycles. The second-order valence-electron chi connectivity index (χ2n) is 10.6. The van der Waals surface area contributed by atoms with Gasteiger partial charge in [-0.25, -0.2) is 9.29 Å². The number of hydrogen-bond acceptors (Lipinski definition) is 5. The van der Waals surface area contributed by atoms with E-state index in [4.69, 9.17) is 0 Å². The quantitative estimate of drug-likeness (QED) is 0.509. The fraction of sp³-hybridized carbons (Fsp3) is 0.379. The van der Waals surface area contributed by atoms with Crippen LogP contribution >= 0.6 is 0 Å². The Labute approximate surface area is 213 Å². The van der Waals surface area contributed by atoms with Crippen LogP contribution in [0.1, 0.15) is 38.2 Å². The summed E-state index contributed by atoms with van der Waals surface area (Å²) in [4.78, 5) is 56.9. The van der Waals surface area contributed by atoms with Gasteiger partial charge < -0.3 is 5.11 Å². The fourth-order valence-corrected chi connectivity index (χ4v) is 7.32. The van der Waals surface area contributed by atoms with E-state index in [1.54, 1.807) is 50.2 Å². The molecule has 2 saturated heterocycles. The van der Waals surface area contributed by atoms with E-state index in [9.17, 15) is 28.7 Å². The molecule has 0 bridgehead atoms. The Hall–Kier alpha value is -3.81. The lowest BCUT2D eigenvalue weighted by Crippen LogP contribution is -2.48. The average molecular weight is 503 g/mol. The molecule has 0 aromatic heterocycles. The van der Waals surface area contributed by atoms with Crippen molar-refractivity contribution < 1.29 is 28.7 Å². The Morgan fingerprint density at radius 2 is 1.70 bits per heavy atom. The highest BCUT2D eigenvalue weighted by Crippen LogP contribution is 2.64. The van der Waals surface area contributed by atoms with E-state index in [0.717, 1.165) is 11.6 Å². The standard InChI is InChI=1S/C29H27FN2O5/c1-3-31-25(34)17-13-12-16-19(22(17)27(31)36)14-20-26(35)32(15-8-5-4-6-9-15)28(37)29(20,2)23(16)18-10-7-11-21(30)24(18)33/h4-12,17,19-20,22-23,33H,3,13-14H2,1-2H3/t17-,19+,20-,22-,23+,29+/m0/s1. The molecule has 2 aromatic rings. The molecule has 6 rings (SSSR count). The third-order valence-corrected chi connectivity index (χ3v) is 9.03. The maximum Gasteiger partial charge on any atom is 0.241 e. The minimum absolute atomic E-state index is 0.210. The van der Waals surface area contributed by atoms with E-state index in [1.807, 2.05) is 6.08 Å². The number of rotatable bonds is 3. The molecule has 0 spiro atoms. The number of halogens is 1. The summed E-state index contributed by atoms with van der Waals surface area (Å²) in [7, 11) is 0. The van der Waals surface area contributed by atoms with Crippen LogP contribution < -0.4 is 4.90 Å². The maximum absolute atomic E-state index is 14.6. The zero-order valence-electron chi connectivity index (χ0n) is 20.6. The van der Waals surface area contributed by atoms with Gasteiger partial charge >= 0.3 is 0 Å². The summed E-state index contributed by atoms with van der Waals surface area (Å²) in [5.74, 6) is -5.99. The van der Waals surface area contributed by atoms with Gasteiger partial charge in [-0.05, 0) is 50.8 Å². The number of carbonyl (C=O) groups excluding carboxylic acids is 4. The number of phenolic OH excluding ortho intramolecular Hbond substituents is 1. The molecule has 8 heteroatoms. The summed E-state index contributed by atoms with van der Waals surface area (Å²) in [5.41, 5.74) is 0.0521. The van der Waals surface area contributed by atoms with Crippen LogP contribution in [0.2, 0.25) is 0 Å². The minimum atomic E-state index is -1.32. The maximum atomic E-state index is 14.6. The SMILES string of the molecule is CCN1C(=O)[C@H]2[C@H](CC=C3[C@H]2C[C@H]2C(=O)N(c4ccccc4)C(=O)[C@@]2(C)[C@H]3c2cccc(F)c2O)C1=O. The van der Waals surface area contributed by atoms with Gasteiger partial charge in [0, 0.05) is 18.0 Å². The van der Waals surface area contributed by atoms with E-state index >= 15 is 0 Å². The van der Waals surface area contributed by atoms with Crippen LogP contribution in [0.4, 0.5) is 10.1 Å². The lowest BCUT2D eigenvalue weighted by Gasteiger charge is -2.49. The molecule has 7 nitrogen and oxygen atoms in total. The highest BCUT2D eigenvalue weighted by molar-refractivity contribution is 6.24. The molecule has 2 aliphatic heterocycles. The second-order valence-corrected chi connectivity index (χ2v) is 10.6. The Morgan fingerprint density at radius 3 is 2.41 bits per heavy atom. The third-order valence-electron chi connectivity index (χ3n) is 9.03. The Bertz CT molecular complexity index is 1390. The Morgan fingerprint density at radius 1 is 0.973 bits per heavy atom. The van der Waals surface area contributed by atoms with E-state index in [1.165, 1.54) is 15.9 Å². The number of fused-ring (bicyclic) bond motifs is 4. The van der Waals surface area contributed by atoms with Crippen LogP contribution in [-0.4, -0.2) is 40.2 Å². The number of para-hydroxylation sites is 2. The lowest BCUT2D eigenvalue weighted by molar-refractivity contribution is -0.140. The number of carbonyl (C=O) groups is 4. The van der Waals surface area contributed by atoms with Crippen LogP contribution in [0, 0.1) is 34.9 Å². The van der Waals surface area contributed by atoms with Crippen molar-refractivity contribution in [2.45, 2.75) is 32.6 Å². The van der Waals surface area contributed by atoms with Crippen LogP contribution in [0.25, 0.3) is 0 Å². The van der Waals surface area contributed by atoms with Crippen LogP contribution in [0.15, 0.2) is 60.2 Å². The molecule has 3 fully saturated rings. The number of anilines is 1. The summed E-state index contributed by atoms with van der Waals surface area (Å²) >= 11 is 0. The molecule has 1 N–H and O–H groups in total. The van der Waals surface area contributed by atoms with Crippen molar-refractivity contribution in [3.05, 3.63) is 71.6 Å². The number of phenols is 1. The van der Waals surface area contributed by atoms with Crippen LogP contribution in [0.5, 0.6) is 5.75 Å². The van der Waals surface area contributed by atoms with Crippen molar-refractivity contribution in [2.75, 3.05) is 11.4 Å². The number of imide groups is 2. The largest absolute Gasteiger partial charge is 0.505 e. The second kappa shape index (κ2) is 8.10. The summed E-state index contributed by atoms with van der Waals surface area (Å²) in [6, 6.07) is 12.8. The van der Waals surface area contributed by atoms with Gasteiger partial charge in [-0.2, -0.15) is 0 Å². The molecule has 4 amide bonds. The molecule has 6 atom stereocenters. The smallest absolute Gasteiger partial charge is 0.241 e.